The quantitative estimate of drug-likeness (QED) is 0.815. The monoisotopic (exact) mass is 242 g/mol. The summed E-state index contributed by atoms with van der Waals surface area (Å²) < 4.78 is 0. The highest BCUT2D eigenvalue weighted by molar-refractivity contribution is 5.85. The molecule has 1 aliphatic carbocycles. The molecule has 3 heteroatoms. The van der Waals surface area contributed by atoms with Crippen LogP contribution in [0, 0.1) is 17.2 Å². The molecule has 0 radical (unpaired) electrons. The topological polar surface area (TPSA) is 44.1 Å². The van der Waals surface area contributed by atoms with Crippen molar-refractivity contribution in [2.45, 2.75) is 25.7 Å². The van der Waals surface area contributed by atoms with Crippen LogP contribution in [0.1, 0.15) is 31.2 Å². The summed E-state index contributed by atoms with van der Waals surface area (Å²) in [6, 6.07) is 9.44. The number of nitriles is 1. The molecule has 18 heavy (non-hydrogen) atoms. The molecule has 1 aromatic carbocycles. The fourth-order valence-corrected chi connectivity index (χ4v) is 2.49. The van der Waals surface area contributed by atoms with E-state index in [0.717, 1.165) is 18.5 Å². The molecule has 1 saturated carbocycles. The minimum atomic E-state index is 0.269. The van der Waals surface area contributed by atoms with Crippen LogP contribution in [0.2, 0.25) is 0 Å². The Morgan fingerprint density at radius 3 is 2.50 bits per heavy atom. The lowest BCUT2D eigenvalue weighted by atomic mass is 10.0. The van der Waals surface area contributed by atoms with Gasteiger partial charge in [0.15, 0.2) is 5.78 Å². The van der Waals surface area contributed by atoms with Crippen LogP contribution in [0.5, 0.6) is 0 Å². The van der Waals surface area contributed by atoms with Gasteiger partial charge in [0, 0.05) is 18.7 Å². The number of ketones is 1. The van der Waals surface area contributed by atoms with E-state index in [0.29, 0.717) is 17.9 Å². The normalized spacial score (nSPS) is 15.3. The van der Waals surface area contributed by atoms with E-state index >= 15 is 0 Å². The van der Waals surface area contributed by atoms with Gasteiger partial charge in [0.05, 0.1) is 18.2 Å². The maximum absolute atomic E-state index is 12.1. The summed E-state index contributed by atoms with van der Waals surface area (Å²) in [6.07, 6.45) is 4.49. The summed E-state index contributed by atoms with van der Waals surface area (Å²) >= 11 is 0. The fourth-order valence-electron chi connectivity index (χ4n) is 2.49. The number of carbonyl (C=O) groups excluding carboxylic acids is 1. The molecule has 3 nitrogen and oxygen atoms in total. The van der Waals surface area contributed by atoms with Crippen LogP contribution in [0.25, 0.3) is 0 Å². The molecule has 0 heterocycles. The SMILES string of the molecule is CN(CC(=O)C1CCCC1)c1ccc(C#N)cc1. The standard InChI is InChI=1S/C15H18N2O/c1-17(11-15(18)13-4-2-3-5-13)14-8-6-12(10-16)7-9-14/h6-9,13H,2-5,11H2,1H3. The Morgan fingerprint density at radius 1 is 1.33 bits per heavy atom. The number of nitrogens with zero attached hydrogens (tertiary/aromatic N) is 2. The second-order valence-electron chi connectivity index (χ2n) is 4.96. The van der Waals surface area contributed by atoms with Crippen molar-refractivity contribution in [3.63, 3.8) is 0 Å². The summed E-state index contributed by atoms with van der Waals surface area (Å²) in [7, 11) is 1.92. The molecule has 1 aliphatic rings. The first-order valence-corrected chi connectivity index (χ1v) is 6.44. The molecule has 0 aliphatic heterocycles. The van der Waals surface area contributed by atoms with Crippen LogP contribution >= 0.6 is 0 Å². The zero-order valence-electron chi connectivity index (χ0n) is 10.7. The Bertz CT molecular complexity index is 452. The van der Waals surface area contributed by atoms with Gasteiger partial charge in [-0.2, -0.15) is 5.26 Å². The Balaban J connectivity index is 1.96. The third kappa shape index (κ3) is 2.89. The van der Waals surface area contributed by atoms with E-state index in [4.69, 9.17) is 5.26 Å². The highest BCUT2D eigenvalue weighted by atomic mass is 16.1. The lowest BCUT2D eigenvalue weighted by Gasteiger charge is -2.20. The molecule has 1 aromatic rings. The molecule has 0 saturated heterocycles. The number of hydrogen-bond donors (Lipinski definition) is 0. The number of benzene rings is 1. The Labute approximate surface area is 108 Å². The van der Waals surface area contributed by atoms with Crippen molar-refractivity contribution >= 4 is 11.5 Å². The number of carbonyl (C=O) groups is 1. The first-order chi connectivity index (χ1) is 8.70. The minimum absolute atomic E-state index is 0.269. The Kier molecular flexibility index (Phi) is 3.99. The zero-order valence-corrected chi connectivity index (χ0v) is 10.7. The van der Waals surface area contributed by atoms with Gasteiger partial charge in [-0.3, -0.25) is 4.79 Å². The largest absolute Gasteiger partial charge is 0.367 e. The minimum Gasteiger partial charge on any atom is -0.367 e. The van der Waals surface area contributed by atoms with Gasteiger partial charge in [0.1, 0.15) is 0 Å². The molecular formula is C15H18N2O. The number of likely N-dealkylation sites (N-methyl/N-ethyl adjacent to an activating group) is 1. The van der Waals surface area contributed by atoms with E-state index < -0.39 is 0 Å². The predicted octanol–water partition coefficient (Wildman–Crippen LogP) is 2.75. The van der Waals surface area contributed by atoms with Gasteiger partial charge in [0.2, 0.25) is 0 Å². The smallest absolute Gasteiger partial charge is 0.155 e. The molecule has 0 N–H and O–H groups in total. The van der Waals surface area contributed by atoms with Gasteiger partial charge >= 0.3 is 0 Å². The average Bonchev–Trinajstić information content (AvgIpc) is 2.92. The van der Waals surface area contributed by atoms with Crippen molar-refractivity contribution < 1.29 is 4.79 Å². The van der Waals surface area contributed by atoms with E-state index in [2.05, 4.69) is 6.07 Å². The highest BCUT2D eigenvalue weighted by Gasteiger charge is 2.23. The van der Waals surface area contributed by atoms with Crippen molar-refractivity contribution in [1.29, 1.82) is 5.26 Å². The summed E-state index contributed by atoms with van der Waals surface area (Å²) in [5, 5.41) is 8.74. The third-order valence-corrected chi connectivity index (χ3v) is 3.64. The fraction of sp³-hybridized carbons (Fsp3) is 0.467. The number of Topliss-reactive ketones (excluding diaryl/α,β-unsaturated/α-hetero) is 1. The molecular weight excluding hydrogens is 224 g/mol. The first kappa shape index (κ1) is 12.6. The maximum Gasteiger partial charge on any atom is 0.155 e. The van der Waals surface area contributed by atoms with E-state index in [1.165, 1.54) is 12.8 Å². The Hall–Kier alpha value is -1.82. The summed E-state index contributed by atoms with van der Waals surface area (Å²) in [6.45, 7) is 0.469. The van der Waals surface area contributed by atoms with E-state index in [1.54, 1.807) is 12.1 Å². The molecule has 1 fully saturated rings. The van der Waals surface area contributed by atoms with Gasteiger partial charge < -0.3 is 4.90 Å². The first-order valence-electron chi connectivity index (χ1n) is 6.44. The van der Waals surface area contributed by atoms with Crippen LogP contribution in [-0.2, 0) is 4.79 Å². The van der Waals surface area contributed by atoms with Crippen molar-refractivity contribution in [2.75, 3.05) is 18.5 Å². The molecule has 0 spiro atoms. The Morgan fingerprint density at radius 2 is 1.94 bits per heavy atom. The molecule has 0 bridgehead atoms. The lowest BCUT2D eigenvalue weighted by Crippen LogP contribution is -2.29. The van der Waals surface area contributed by atoms with Crippen LogP contribution in [-0.4, -0.2) is 19.4 Å². The molecule has 94 valence electrons. The molecule has 0 aromatic heterocycles. The maximum atomic E-state index is 12.1. The van der Waals surface area contributed by atoms with Gasteiger partial charge in [-0.1, -0.05) is 12.8 Å². The van der Waals surface area contributed by atoms with Crippen molar-refractivity contribution in [3.8, 4) is 6.07 Å². The van der Waals surface area contributed by atoms with Crippen LogP contribution < -0.4 is 4.90 Å². The van der Waals surface area contributed by atoms with Gasteiger partial charge in [-0.15, -0.1) is 0 Å². The molecule has 2 rings (SSSR count). The molecule has 0 amide bonds. The van der Waals surface area contributed by atoms with E-state index in [1.807, 2.05) is 24.1 Å². The van der Waals surface area contributed by atoms with Crippen molar-refractivity contribution in [1.82, 2.24) is 0 Å². The van der Waals surface area contributed by atoms with Crippen molar-refractivity contribution in [3.05, 3.63) is 29.8 Å². The summed E-state index contributed by atoms with van der Waals surface area (Å²) in [5.74, 6) is 0.616. The van der Waals surface area contributed by atoms with E-state index in [9.17, 15) is 4.79 Å². The average molecular weight is 242 g/mol. The third-order valence-electron chi connectivity index (χ3n) is 3.64. The number of hydrogen-bond acceptors (Lipinski definition) is 3. The van der Waals surface area contributed by atoms with Crippen LogP contribution in [0.15, 0.2) is 24.3 Å². The predicted molar refractivity (Wildman–Crippen MR) is 71.4 cm³/mol. The van der Waals surface area contributed by atoms with Gasteiger partial charge in [-0.25, -0.2) is 0 Å². The molecule has 0 unspecified atom stereocenters. The van der Waals surface area contributed by atoms with Crippen molar-refractivity contribution in [2.24, 2.45) is 5.92 Å². The van der Waals surface area contributed by atoms with Crippen LogP contribution in [0.4, 0.5) is 5.69 Å². The van der Waals surface area contributed by atoms with Crippen LogP contribution in [0.3, 0.4) is 0 Å². The number of anilines is 1. The summed E-state index contributed by atoms with van der Waals surface area (Å²) in [5.41, 5.74) is 1.63. The molecule has 0 atom stereocenters. The van der Waals surface area contributed by atoms with Gasteiger partial charge in [0.25, 0.3) is 0 Å². The van der Waals surface area contributed by atoms with E-state index in [-0.39, 0.29) is 5.92 Å². The second-order valence-corrected chi connectivity index (χ2v) is 4.96. The second kappa shape index (κ2) is 5.68. The highest BCUT2D eigenvalue weighted by Crippen LogP contribution is 2.26. The van der Waals surface area contributed by atoms with Gasteiger partial charge in [-0.05, 0) is 37.1 Å². The number of rotatable bonds is 4. The zero-order chi connectivity index (χ0) is 13.0. The summed E-state index contributed by atoms with van der Waals surface area (Å²) in [4.78, 5) is 14.0. The lowest BCUT2D eigenvalue weighted by molar-refractivity contribution is -0.121.